The number of nitro benzene ring substituents is 1. The van der Waals surface area contributed by atoms with Gasteiger partial charge in [0.2, 0.25) is 5.88 Å². The van der Waals surface area contributed by atoms with Crippen molar-refractivity contribution >= 4 is 17.7 Å². The molecule has 168 valence electrons. The van der Waals surface area contributed by atoms with Crippen molar-refractivity contribution in [1.29, 1.82) is 5.26 Å². The van der Waals surface area contributed by atoms with E-state index in [2.05, 4.69) is 0 Å². The number of rotatable bonds is 5. The summed E-state index contributed by atoms with van der Waals surface area (Å²) in [6, 6.07) is 20.4. The Morgan fingerprint density at radius 1 is 1.18 bits per heavy atom. The third-order valence-electron chi connectivity index (χ3n) is 5.31. The summed E-state index contributed by atoms with van der Waals surface area (Å²) in [7, 11) is 0. The lowest BCUT2D eigenvalue weighted by molar-refractivity contribution is -0.384. The highest BCUT2D eigenvalue weighted by Gasteiger charge is 2.31. The molecule has 0 radical (unpaired) electrons. The molecule has 0 fully saturated rings. The van der Waals surface area contributed by atoms with Crippen molar-refractivity contribution in [3.8, 4) is 17.6 Å². The van der Waals surface area contributed by atoms with E-state index >= 15 is 0 Å². The lowest BCUT2D eigenvalue weighted by atomic mass is 9.83. The van der Waals surface area contributed by atoms with E-state index in [0.717, 1.165) is 11.1 Å². The lowest BCUT2D eigenvalue weighted by Gasteiger charge is -2.26. The van der Waals surface area contributed by atoms with Gasteiger partial charge in [-0.1, -0.05) is 48.0 Å². The number of hydrogen-bond acceptors (Lipinski definition) is 7. The predicted molar refractivity (Wildman–Crippen MR) is 125 cm³/mol. The molecule has 8 heteroatoms. The Morgan fingerprint density at radius 3 is 2.65 bits per heavy atom. The third-order valence-corrected chi connectivity index (χ3v) is 5.31. The number of nitrogens with zero attached hydrogens (tertiary/aromatic N) is 2. The van der Waals surface area contributed by atoms with Crippen molar-refractivity contribution in [2.24, 2.45) is 5.73 Å². The van der Waals surface area contributed by atoms with Gasteiger partial charge in [-0.25, -0.2) is 4.79 Å². The summed E-state index contributed by atoms with van der Waals surface area (Å²) in [6.07, 6.45) is 2.97. The monoisotopic (exact) mass is 453 g/mol. The van der Waals surface area contributed by atoms with Crippen molar-refractivity contribution in [2.45, 2.75) is 12.8 Å². The van der Waals surface area contributed by atoms with Crippen LogP contribution in [0.5, 0.6) is 11.5 Å². The molecule has 1 aliphatic rings. The zero-order valence-electron chi connectivity index (χ0n) is 18.1. The van der Waals surface area contributed by atoms with E-state index in [1.54, 1.807) is 30.3 Å². The van der Waals surface area contributed by atoms with E-state index in [1.165, 1.54) is 24.3 Å². The number of fused-ring (bicyclic) bond motifs is 1. The van der Waals surface area contributed by atoms with Crippen LogP contribution in [0.4, 0.5) is 5.69 Å². The van der Waals surface area contributed by atoms with Crippen LogP contribution in [0.25, 0.3) is 6.08 Å². The van der Waals surface area contributed by atoms with Gasteiger partial charge in [-0.2, -0.15) is 5.26 Å². The van der Waals surface area contributed by atoms with Crippen LogP contribution in [0, 0.1) is 28.4 Å². The fourth-order valence-corrected chi connectivity index (χ4v) is 3.65. The second-order valence-corrected chi connectivity index (χ2v) is 7.64. The largest absolute Gasteiger partial charge is 0.440 e. The van der Waals surface area contributed by atoms with E-state index in [4.69, 9.17) is 15.2 Å². The Bertz CT molecular complexity index is 1380. The highest BCUT2D eigenvalue weighted by molar-refractivity contribution is 5.88. The summed E-state index contributed by atoms with van der Waals surface area (Å²) in [6.45, 7) is 1.98. The summed E-state index contributed by atoms with van der Waals surface area (Å²) in [5.74, 6) is -0.842. The van der Waals surface area contributed by atoms with Gasteiger partial charge >= 0.3 is 5.97 Å². The maximum absolute atomic E-state index is 12.3. The molecule has 4 rings (SSSR count). The second kappa shape index (κ2) is 9.30. The molecule has 0 bridgehead atoms. The number of ether oxygens (including phenoxy) is 2. The second-order valence-electron chi connectivity index (χ2n) is 7.64. The Morgan fingerprint density at radius 2 is 1.94 bits per heavy atom. The molecule has 0 aromatic heterocycles. The number of carbonyl (C=O) groups excluding carboxylic acids is 1. The molecule has 1 atom stereocenters. The minimum atomic E-state index is -0.667. The van der Waals surface area contributed by atoms with Gasteiger partial charge in [-0.3, -0.25) is 10.1 Å². The van der Waals surface area contributed by atoms with E-state index in [-0.39, 0.29) is 22.9 Å². The maximum atomic E-state index is 12.3. The number of hydrogen-bond donors (Lipinski definition) is 1. The summed E-state index contributed by atoms with van der Waals surface area (Å²) in [5, 5.41) is 20.9. The molecule has 0 amide bonds. The Hall–Kier alpha value is -4.90. The molecule has 2 N–H and O–H groups in total. The van der Waals surface area contributed by atoms with Crippen LogP contribution in [0.15, 0.2) is 84.3 Å². The first-order chi connectivity index (χ1) is 16.4. The Kier molecular flexibility index (Phi) is 6.10. The molecule has 34 heavy (non-hydrogen) atoms. The zero-order chi connectivity index (χ0) is 24.2. The molecular formula is C26H19N3O5. The number of carbonyl (C=O) groups is 1. The topological polar surface area (TPSA) is 128 Å². The van der Waals surface area contributed by atoms with Crippen LogP contribution in [-0.2, 0) is 4.79 Å². The number of nitro groups is 1. The van der Waals surface area contributed by atoms with Gasteiger partial charge in [0.1, 0.15) is 23.1 Å². The molecule has 0 aliphatic carbocycles. The molecule has 1 aliphatic heterocycles. The van der Waals surface area contributed by atoms with Crippen molar-refractivity contribution in [1.82, 2.24) is 0 Å². The Labute approximate surface area is 195 Å². The SMILES string of the molecule is Cc1ccc(/C=C/C(=O)Oc2ccc3c(c2)OC(N)=C(C#N)C3c2cccc([N+](=O)[O-])c2)cc1. The van der Waals surface area contributed by atoms with E-state index in [1.807, 2.05) is 37.3 Å². The van der Waals surface area contributed by atoms with Crippen LogP contribution in [0.3, 0.4) is 0 Å². The summed E-state index contributed by atoms with van der Waals surface area (Å²) in [4.78, 5) is 23.0. The van der Waals surface area contributed by atoms with Crippen molar-refractivity contribution in [2.75, 3.05) is 0 Å². The Balaban J connectivity index is 1.62. The van der Waals surface area contributed by atoms with Crippen molar-refractivity contribution in [3.05, 3.63) is 117 Å². The molecule has 1 unspecified atom stereocenters. The normalized spacial score (nSPS) is 14.8. The van der Waals surface area contributed by atoms with Crippen molar-refractivity contribution < 1.29 is 19.2 Å². The van der Waals surface area contributed by atoms with Gasteiger partial charge in [0.15, 0.2) is 0 Å². The number of benzene rings is 3. The van der Waals surface area contributed by atoms with Crippen molar-refractivity contribution in [3.63, 3.8) is 0 Å². The number of non-ortho nitro benzene ring substituents is 1. The third kappa shape index (κ3) is 4.64. The number of aryl methyl sites for hydroxylation is 1. The van der Waals surface area contributed by atoms with Gasteiger partial charge < -0.3 is 15.2 Å². The maximum Gasteiger partial charge on any atom is 0.336 e. The average Bonchev–Trinajstić information content (AvgIpc) is 2.82. The molecular weight excluding hydrogens is 434 g/mol. The van der Waals surface area contributed by atoms with Crippen LogP contribution < -0.4 is 15.2 Å². The van der Waals surface area contributed by atoms with Gasteiger partial charge in [-0.15, -0.1) is 0 Å². The number of esters is 1. The fourth-order valence-electron chi connectivity index (χ4n) is 3.65. The van der Waals surface area contributed by atoms with Crippen LogP contribution in [0.1, 0.15) is 28.2 Å². The molecule has 3 aromatic rings. The standard InChI is InChI=1S/C26H19N3O5/c1-16-5-7-17(8-6-16)9-12-24(30)33-20-10-11-21-23(14-20)34-26(28)22(15-27)25(21)18-3-2-4-19(13-18)29(31)32/h2-14,25H,28H2,1H3/b12-9+. The molecule has 1 heterocycles. The van der Waals surface area contributed by atoms with Crippen LogP contribution >= 0.6 is 0 Å². The summed E-state index contributed by atoms with van der Waals surface area (Å²) >= 11 is 0. The zero-order valence-corrected chi connectivity index (χ0v) is 18.1. The van der Waals surface area contributed by atoms with Crippen LogP contribution in [-0.4, -0.2) is 10.9 Å². The van der Waals surface area contributed by atoms with E-state index in [9.17, 15) is 20.2 Å². The first-order valence-corrected chi connectivity index (χ1v) is 10.3. The first-order valence-electron chi connectivity index (χ1n) is 10.3. The quantitative estimate of drug-likeness (QED) is 0.194. The smallest absolute Gasteiger partial charge is 0.336 e. The number of allylic oxidation sites excluding steroid dienone is 1. The predicted octanol–water partition coefficient (Wildman–Crippen LogP) is 4.74. The average molecular weight is 453 g/mol. The summed E-state index contributed by atoms with van der Waals surface area (Å²) in [5.41, 5.74) is 9.08. The van der Waals surface area contributed by atoms with Gasteiger partial charge in [0.25, 0.3) is 5.69 Å². The summed E-state index contributed by atoms with van der Waals surface area (Å²) < 4.78 is 11.0. The molecule has 0 spiro atoms. The first kappa shape index (κ1) is 22.3. The highest BCUT2D eigenvalue weighted by atomic mass is 16.6. The van der Waals surface area contributed by atoms with Gasteiger partial charge in [-0.05, 0) is 30.2 Å². The lowest BCUT2D eigenvalue weighted by Crippen LogP contribution is -2.21. The van der Waals surface area contributed by atoms with Crippen LogP contribution in [0.2, 0.25) is 0 Å². The van der Waals surface area contributed by atoms with E-state index < -0.39 is 16.8 Å². The number of nitrogens with two attached hydrogens (primary N) is 1. The fraction of sp³-hybridized carbons (Fsp3) is 0.0769. The minimum Gasteiger partial charge on any atom is -0.440 e. The number of nitriles is 1. The highest BCUT2D eigenvalue weighted by Crippen LogP contribution is 2.43. The molecule has 0 saturated carbocycles. The van der Waals surface area contributed by atoms with Gasteiger partial charge in [0.05, 0.1) is 10.8 Å². The molecule has 0 saturated heterocycles. The van der Waals surface area contributed by atoms with E-state index in [0.29, 0.717) is 16.9 Å². The minimum absolute atomic E-state index is 0.104. The molecule has 3 aromatic carbocycles. The molecule has 8 nitrogen and oxygen atoms in total. The van der Waals surface area contributed by atoms with Gasteiger partial charge in [0, 0.05) is 29.8 Å².